The van der Waals surface area contributed by atoms with Gasteiger partial charge in [-0.3, -0.25) is 9.58 Å². The molecule has 0 saturated heterocycles. The van der Waals surface area contributed by atoms with Crippen LogP contribution in [0.25, 0.3) is 0 Å². The first-order valence-corrected chi connectivity index (χ1v) is 9.07. The van der Waals surface area contributed by atoms with Crippen molar-refractivity contribution in [3.8, 4) is 5.75 Å². The summed E-state index contributed by atoms with van der Waals surface area (Å²) in [7, 11) is 5.93. The Labute approximate surface area is 151 Å². The lowest BCUT2D eigenvalue weighted by Crippen LogP contribution is -2.31. The van der Waals surface area contributed by atoms with Crippen LogP contribution in [0.15, 0.2) is 24.3 Å². The van der Waals surface area contributed by atoms with E-state index in [0.717, 1.165) is 38.3 Å². The highest BCUT2D eigenvalue weighted by Crippen LogP contribution is 2.27. The molecular formula is C20H30N4O. The Morgan fingerprint density at radius 3 is 2.52 bits per heavy atom. The highest BCUT2D eigenvalue weighted by molar-refractivity contribution is 5.31. The molecule has 5 heteroatoms. The number of aromatic nitrogens is 2. The maximum Gasteiger partial charge on any atom is 0.118 e. The Bertz CT molecular complexity index is 703. The maximum atomic E-state index is 5.25. The number of hydrogen-bond donors (Lipinski definition) is 0. The van der Waals surface area contributed by atoms with Crippen molar-refractivity contribution >= 4 is 0 Å². The number of fused-ring (bicyclic) bond motifs is 1. The summed E-state index contributed by atoms with van der Waals surface area (Å²) in [6.45, 7) is 8.38. The Balaban J connectivity index is 1.78. The Kier molecular flexibility index (Phi) is 5.45. The lowest BCUT2D eigenvalue weighted by Gasteiger charge is -2.28. The van der Waals surface area contributed by atoms with Gasteiger partial charge in [-0.1, -0.05) is 12.1 Å². The minimum atomic E-state index is 0.394. The molecule has 0 aliphatic carbocycles. The minimum Gasteiger partial charge on any atom is -0.497 e. The van der Waals surface area contributed by atoms with Crippen molar-refractivity contribution in [3.63, 3.8) is 0 Å². The molecule has 1 aromatic heterocycles. The van der Waals surface area contributed by atoms with Gasteiger partial charge in [0.15, 0.2) is 0 Å². The largest absolute Gasteiger partial charge is 0.497 e. The Morgan fingerprint density at radius 1 is 1.20 bits per heavy atom. The summed E-state index contributed by atoms with van der Waals surface area (Å²) >= 11 is 0. The average molecular weight is 342 g/mol. The van der Waals surface area contributed by atoms with E-state index >= 15 is 0 Å². The van der Waals surface area contributed by atoms with Crippen LogP contribution in [0.2, 0.25) is 0 Å². The fourth-order valence-corrected chi connectivity index (χ4v) is 3.55. The van der Waals surface area contributed by atoms with E-state index in [2.05, 4.69) is 54.6 Å². The number of rotatable bonds is 6. The Hall–Kier alpha value is -1.85. The second-order valence-corrected chi connectivity index (χ2v) is 7.46. The highest BCUT2D eigenvalue weighted by atomic mass is 16.5. The van der Waals surface area contributed by atoms with Gasteiger partial charge in [-0.2, -0.15) is 5.10 Å². The first-order chi connectivity index (χ1) is 12.0. The highest BCUT2D eigenvalue weighted by Gasteiger charge is 2.25. The van der Waals surface area contributed by atoms with Gasteiger partial charge in [-0.25, -0.2) is 0 Å². The average Bonchev–Trinajstić information content (AvgIpc) is 2.93. The van der Waals surface area contributed by atoms with Crippen molar-refractivity contribution in [1.82, 2.24) is 19.6 Å². The summed E-state index contributed by atoms with van der Waals surface area (Å²) < 4.78 is 7.48. The van der Waals surface area contributed by atoms with Crippen LogP contribution >= 0.6 is 0 Å². The summed E-state index contributed by atoms with van der Waals surface area (Å²) in [6, 6.07) is 8.79. The van der Waals surface area contributed by atoms with Crippen LogP contribution in [0.4, 0.5) is 0 Å². The third-order valence-electron chi connectivity index (χ3n) is 4.77. The van der Waals surface area contributed by atoms with Crippen LogP contribution in [0, 0.1) is 0 Å². The van der Waals surface area contributed by atoms with Gasteiger partial charge in [0.25, 0.3) is 0 Å². The van der Waals surface area contributed by atoms with E-state index in [1.807, 2.05) is 12.1 Å². The van der Waals surface area contributed by atoms with Gasteiger partial charge in [0, 0.05) is 37.8 Å². The van der Waals surface area contributed by atoms with Gasteiger partial charge in [-0.15, -0.1) is 0 Å². The van der Waals surface area contributed by atoms with Crippen molar-refractivity contribution in [2.75, 3.05) is 27.7 Å². The molecular weight excluding hydrogens is 312 g/mol. The first kappa shape index (κ1) is 18.0. The number of ether oxygens (including phenoxy) is 1. The van der Waals surface area contributed by atoms with E-state index in [1.54, 1.807) is 7.11 Å². The number of hydrogen-bond acceptors (Lipinski definition) is 4. The van der Waals surface area contributed by atoms with E-state index in [9.17, 15) is 0 Å². The summed E-state index contributed by atoms with van der Waals surface area (Å²) in [6.07, 6.45) is 1.08. The molecule has 2 heterocycles. The van der Waals surface area contributed by atoms with Gasteiger partial charge in [0.1, 0.15) is 5.75 Å². The van der Waals surface area contributed by atoms with E-state index in [4.69, 9.17) is 9.84 Å². The molecule has 1 aromatic carbocycles. The minimum absolute atomic E-state index is 0.394. The number of methoxy groups -OCH3 is 1. The zero-order valence-corrected chi connectivity index (χ0v) is 16.1. The molecule has 3 rings (SSSR count). The molecule has 0 unspecified atom stereocenters. The predicted octanol–water partition coefficient (Wildman–Crippen LogP) is 3.09. The molecule has 5 nitrogen and oxygen atoms in total. The maximum absolute atomic E-state index is 5.25. The molecule has 25 heavy (non-hydrogen) atoms. The van der Waals surface area contributed by atoms with E-state index in [1.165, 1.54) is 22.5 Å². The van der Waals surface area contributed by atoms with Gasteiger partial charge < -0.3 is 9.64 Å². The van der Waals surface area contributed by atoms with Crippen LogP contribution in [0.1, 0.15) is 42.4 Å². The fraction of sp³-hybridized carbons (Fsp3) is 0.550. The van der Waals surface area contributed by atoms with Crippen molar-refractivity contribution < 1.29 is 4.74 Å². The zero-order chi connectivity index (χ0) is 18.0. The number of nitrogens with zero attached hydrogens (tertiary/aromatic N) is 4. The molecule has 0 atom stereocenters. The monoisotopic (exact) mass is 342 g/mol. The smallest absolute Gasteiger partial charge is 0.118 e. The van der Waals surface area contributed by atoms with Crippen LogP contribution in [-0.4, -0.2) is 47.3 Å². The second kappa shape index (κ2) is 7.58. The molecule has 0 saturated carbocycles. The van der Waals surface area contributed by atoms with E-state index in [-0.39, 0.29) is 0 Å². The van der Waals surface area contributed by atoms with Gasteiger partial charge >= 0.3 is 0 Å². The number of benzene rings is 1. The molecule has 136 valence electrons. The quantitative estimate of drug-likeness (QED) is 0.808. The lowest BCUT2D eigenvalue weighted by molar-refractivity contribution is 0.234. The van der Waals surface area contributed by atoms with E-state index < -0.39 is 0 Å². The second-order valence-electron chi connectivity index (χ2n) is 7.46. The standard InChI is InChI=1S/C20H30N4O/c1-15(2)24-20-14-23(12-16-6-8-17(25-5)9-7-16)11-10-18(20)19(21-24)13-22(3)4/h6-9,15H,10-14H2,1-5H3. The molecule has 1 aliphatic heterocycles. The van der Waals surface area contributed by atoms with Crippen molar-refractivity contribution in [3.05, 3.63) is 46.8 Å². The lowest BCUT2D eigenvalue weighted by atomic mass is 10.0. The summed E-state index contributed by atoms with van der Waals surface area (Å²) in [5, 5.41) is 4.93. The molecule has 0 amide bonds. The third-order valence-corrected chi connectivity index (χ3v) is 4.77. The van der Waals surface area contributed by atoms with Crippen LogP contribution in [-0.2, 0) is 26.1 Å². The van der Waals surface area contributed by atoms with Gasteiger partial charge in [-0.05, 0) is 52.1 Å². The zero-order valence-electron chi connectivity index (χ0n) is 16.1. The summed E-state index contributed by atoms with van der Waals surface area (Å²) in [4.78, 5) is 4.72. The molecule has 0 radical (unpaired) electrons. The van der Waals surface area contributed by atoms with E-state index in [0.29, 0.717) is 6.04 Å². The molecule has 0 bridgehead atoms. The SMILES string of the molecule is COc1ccc(CN2CCc3c(CN(C)C)nn(C(C)C)c3C2)cc1. The van der Waals surface area contributed by atoms with Crippen molar-refractivity contribution in [1.29, 1.82) is 0 Å². The molecule has 1 aliphatic rings. The normalized spacial score (nSPS) is 15.0. The summed E-state index contributed by atoms with van der Waals surface area (Å²) in [5.74, 6) is 0.913. The van der Waals surface area contributed by atoms with Gasteiger partial charge in [0.05, 0.1) is 18.5 Å². The third kappa shape index (κ3) is 4.05. The molecule has 0 fully saturated rings. The molecule has 0 N–H and O–H groups in total. The molecule has 2 aromatic rings. The topological polar surface area (TPSA) is 33.5 Å². The van der Waals surface area contributed by atoms with Crippen molar-refractivity contribution in [2.45, 2.75) is 45.9 Å². The van der Waals surface area contributed by atoms with Crippen LogP contribution < -0.4 is 4.74 Å². The van der Waals surface area contributed by atoms with Gasteiger partial charge in [0.2, 0.25) is 0 Å². The summed E-state index contributed by atoms with van der Waals surface area (Å²) in [5.41, 5.74) is 5.44. The van der Waals surface area contributed by atoms with Crippen molar-refractivity contribution in [2.24, 2.45) is 0 Å². The Morgan fingerprint density at radius 2 is 1.92 bits per heavy atom. The fourth-order valence-electron chi connectivity index (χ4n) is 3.55. The predicted molar refractivity (Wildman–Crippen MR) is 101 cm³/mol. The first-order valence-electron chi connectivity index (χ1n) is 9.07. The van der Waals surface area contributed by atoms with Crippen LogP contribution in [0.5, 0.6) is 5.75 Å². The molecule has 0 spiro atoms. The van der Waals surface area contributed by atoms with Crippen LogP contribution in [0.3, 0.4) is 0 Å².